The molecule has 2 heterocycles. The van der Waals surface area contributed by atoms with Crippen molar-refractivity contribution in [2.75, 3.05) is 24.0 Å². The summed E-state index contributed by atoms with van der Waals surface area (Å²) >= 11 is 6.40. The number of fused-ring (bicyclic) bond motifs is 4. The van der Waals surface area contributed by atoms with Gasteiger partial charge in [-0.3, -0.25) is 24.1 Å². The van der Waals surface area contributed by atoms with E-state index in [0.717, 1.165) is 10.5 Å². The SMILES string of the molecule is COc1cc(C=C[C@H]2C3=CC[C@@H]4C(=O)N(c5cccc(C(=O)O)c5)C(=O)[C@@H]4[C@@H]3C[C@H]3C(=O)N(c4cccc(Cl)c4)C(=O)[C@@]23c2ccccc2)cc(OC)c1O. The topological polar surface area (TPSA) is 151 Å². The molecule has 4 amide bonds. The molecule has 4 aromatic rings. The average Bonchev–Trinajstić information content (AvgIpc) is 3.58. The number of carbonyl (C=O) groups excluding carboxylic acids is 4. The van der Waals surface area contributed by atoms with E-state index in [1.165, 1.54) is 43.4 Å². The predicted molar refractivity (Wildman–Crippen MR) is 203 cm³/mol. The van der Waals surface area contributed by atoms with Crippen molar-refractivity contribution in [3.63, 3.8) is 0 Å². The molecule has 0 aromatic heterocycles. The Bertz CT molecular complexity index is 2330. The van der Waals surface area contributed by atoms with E-state index in [9.17, 15) is 29.4 Å². The van der Waals surface area contributed by atoms with Crippen molar-refractivity contribution < 1.29 is 43.7 Å². The first-order valence-corrected chi connectivity index (χ1v) is 18.1. The monoisotopic (exact) mass is 758 g/mol. The zero-order valence-corrected chi connectivity index (χ0v) is 30.5. The van der Waals surface area contributed by atoms with Crippen LogP contribution in [0.25, 0.3) is 6.08 Å². The number of phenolic OH excluding ortho intramolecular Hbond substituents is 1. The van der Waals surface area contributed by atoms with Gasteiger partial charge < -0.3 is 19.7 Å². The average molecular weight is 759 g/mol. The summed E-state index contributed by atoms with van der Waals surface area (Å²) in [6.07, 6.45) is 5.85. The van der Waals surface area contributed by atoms with E-state index in [2.05, 4.69) is 0 Å². The van der Waals surface area contributed by atoms with Crippen molar-refractivity contribution in [1.29, 1.82) is 0 Å². The highest BCUT2D eigenvalue weighted by atomic mass is 35.5. The van der Waals surface area contributed by atoms with E-state index in [0.29, 0.717) is 21.8 Å². The summed E-state index contributed by atoms with van der Waals surface area (Å²) in [4.78, 5) is 72.9. The van der Waals surface area contributed by atoms with Gasteiger partial charge in [0.15, 0.2) is 11.5 Å². The number of amides is 4. The molecule has 278 valence electrons. The van der Waals surface area contributed by atoms with E-state index < -0.39 is 64.6 Å². The molecule has 55 heavy (non-hydrogen) atoms. The number of hydrogen-bond donors (Lipinski definition) is 2. The van der Waals surface area contributed by atoms with Crippen molar-refractivity contribution in [2.45, 2.75) is 18.3 Å². The fraction of sp³-hybridized carbons (Fsp3) is 0.233. The molecule has 2 aliphatic carbocycles. The fourth-order valence-corrected chi connectivity index (χ4v) is 9.42. The summed E-state index contributed by atoms with van der Waals surface area (Å²) in [6, 6.07) is 24.6. The van der Waals surface area contributed by atoms with Gasteiger partial charge in [0, 0.05) is 10.9 Å². The van der Waals surface area contributed by atoms with Crippen LogP contribution in [0.5, 0.6) is 17.2 Å². The number of methoxy groups -OCH3 is 2. The normalized spacial score (nSPS) is 25.8. The van der Waals surface area contributed by atoms with E-state index in [-0.39, 0.29) is 41.3 Å². The van der Waals surface area contributed by atoms with Crippen LogP contribution >= 0.6 is 11.6 Å². The van der Waals surface area contributed by atoms with Gasteiger partial charge in [0.1, 0.15) is 0 Å². The number of carboxylic acid groups (broad SMARTS) is 1. The number of anilines is 2. The second kappa shape index (κ2) is 13.6. The minimum Gasteiger partial charge on any atom is -0.502 e. The van der Waals surface area contributed by atoms with Crippen molar-refractivity contribution in [3.05, 3.63) is 130 Å². The molecule has 11 nitrogen and oxygen atoms in total. The zero-order valence-electron chi connectivity index (χ0n) is 29.7. The van der Waals surface area contributed by atoms with Crippen molar-refractivity contribution in [2.24, 2.45) is 29.6 Å². The minimum atomic E-state index is -1.47. The van der Waals surface area contributed by atoms with Gasteiger partial charge in [0.2, 0.25) is 29.4 Å². The number of ether oxygens (including phenoxy) is 2. The van der Waals surface area contributed by atoms with Crippen molar-refractivity contribution >= 4 is 58.6 Å². The maximum Gasteiger partial charge on any atom is 0.335 e. The lowest BCUT2D eigenvalue weighted by Crippen LogP contribution is -2.54. The van der Waals surface area contributed by atoms with Crippen LogP contribution in [0.3, 0.4) is 0 Å². The van der Waals surface area contributed by atoms with Gasteiger partial charge in [-0.15, -0.1) is 0 Å². The molecule has 2 aliphatic heterocycles. The van der Waals surface area contributed by atoms with Crippen LogP contribution < -0.4 is 19.3 Å². The van der Waals surface area contributed by atoms with E-state index >= 15 is 4.79 Å². The van der Waals surface area contributed by atoms with Crippen LogP contribution in [0, 0.1) is 29.6 Å². The Balaban J connectivity index is 1.32. The Morgan fingerprint density at radius 2 is 1.49 bits per heavy atom. The molecule has 2 saturated heterocycles. The smallest absolute Gasteiger partial charge is 0.335 e. The van der Waals surface area contributed by atoms with Gasteiger partial charge in [-0.2, -0.15) is 0 Å². The predicted octanol–water partition coefficient (Wildman–Crippen LogP) is 6.67. The van der Waals surface area contributed by atoms with Crippen LogP contribution in [0.15, 0.2) is 109 Å². The van der Waals surface area contributed by atoms with Crippen molar-refractivity contribution in [1.82, 2.24) is 0 Å². The fourth-order valence-electron chi connectivity index (χ4n) is 9.24. The van der Waals surface area contributed by atoms with Crippen LogP contribution in [0.2, 0.25) is 5.02 Å². The lowest BCUT2D eigenvalue weighted by Gasteiger charge is -2.49. The number of carboxylic acids is 1. The molecular formula is C43H35ClN2O9. The number of phenols is 1. The highest BCUT2D eigenvalue weighted by Gasteiger charge is 2.69. The first-order valence-electron chi connectivity index (χ1n) is 17.7. The summed E-state index contributed by atoms with van der Waals surface area (Å²) in [6.45, 7) is 0. The second-order valence-electron chi connectivity index (χ2n) is 14.1. The van der Waals surface area contributed by atoms with E-state index in [4.69, 9.17) is 21.1 Å². The van der Waals surface area contributed by atoms with Crippen LogP contribution in [-0.2, 0) is 24.6 Å². The number of imide groups is 2. The van der Waals surface area contributed by atoms with Crippen LogP contribution in [-0.4, -0.2) is 54.0 Å². The Kier molecular flexibility index (Phi) is 8.84. The number of aromatic hydroxyl groups is 1. The third-order valence-corrected chi connectivity index (χ3v) is 11.8. The Hall–Kier alpha value is -6.20. The number of benzene rings is 4. The van der Waals surface area contributed by atoms with Gasteiger partial charge in [-0.1, -0.05) is 77.9 Å². The maximum atomic E-state index is 15.3. The quantitative estimate of drug-likeness (QED) is 0.148. The zero-order chi connectivity index (χ0) is 38.8. The maximum absolute atomic E-state index is 15.3. The Morgan fingerprint density at radius 3 is 2.15 bits per heavy atom. The lowest BCUT2D eigenvalue weighted by atomic mass is 9.50. The molecule has 1 saturated carbocycles. The minimum absolute atomic E-state index is 0.0686. The molecular weight excluding hydrogens is 724 g/mol. The van der Waals surface area contributed by atoms with Gasteiger partial charge in [0.25, 0.3) is 0 Å². The van der Waals surface area contributed by atoms with E-state index in [1.54, 1.807) is 42.5 Å². The first kappa shape index (κ1) is 35.8. The molecule has 0 bridgehead atoms. The molecule has 4 aromatic carbocycles. The second-order valence-corrected chi connectivity index (χ2v) is 14.6. The number of halogens is 1. The molecule has 2 N–H and O–H groups in total. The first-order chi connectivity index (χ1) is 26.5. The largest absolute Gasteiger partial charge is 0.502 e. The van der Waals surface area contributed by atoms with Gasteiger partial charge in [0.05, 0.1) is 54.3 Å². The number of carbonyl (C=O) groups is 5. The molecule has 3 fully saturated rings. The number of hydrogen-bond acceptors (Lipinski definition) is 8. The Morgan fingerprint density at radius 1 is 0.818 bits per heavy atom. The van der Waals surface area contributed by atoms with Crippen molar-refractivity contribution in [3.8, 4) is 17.2 Å². The summed E-state index contributed by atoms with van der Waals surface area (Å²) in [5.74, 6) is -6.90. The van der Waals surface area contributed by atoms with Gasteiger partial charge >= 0.3 is 5.97 Å². The molecule has 0 spiro atoms. The summed E-state index contributed by atoms with van der Waals surface area (Å²) < 4.78 is 10.8. The summed E-state index contributed by atoms with van der Waals surface area (Å²) in [5.41, 5.74) is 0.857. The van der Waals surface area contributed by atoms with Gasteiger partial charge in [-0.05, 0) is 78.4 Å². The molecule has 0 radical (unpaired) electrons. The summed E-state index contributed by atoms with van der Waals surface area (Å²) in [5, 5.41) is 20.6. The standard InChI is InChI=1S/C43H35ClN2O9/c1-54-34-18-23(19-35(55-2)37(34)47)14-17-32-29-15-16-30-36(40(50)45(38(30)48)27-12-6-8-24(20-27)41(51)52)31(29)22-33-39(49)46(28-13-7-11-26(44)21-28)42(53)43(32,33)25-9-4-3-5-10-25/h3-15,17-21,30-33,36,47H,16,22H2,1-2H3,(H,51,52)/t30-,31+,32-,33-,36-,43-/m0/s1. The number of aromatic carboxylic acids is 1. The highest BCUT2D eigenvalue weighted by Crippen LogP contribution is 2.62. The third kappa shape index (κ3) is 5.44. The summed E-state index contributed by atoms with van der Waals surface area (Å²) in [7, 11) is 2.83. The van der Waals surface area contributed by atoms with Crippen LogP contribution in [0.1, 0.15) is 34.3 Å². The molecule has 12 heteroatoms. The molecule has 6 atom stereocenters. The lowest BCUT2D eigenvalue weighted by molar-refractivity contribution is -0.128. The van der Waals surface area contributed by atoms with Crippen LogP contribution in [0.4, 0.5) is 11.4 Å². The molecule has 4 aliphatic rings. The number of rotatable bonds is 8. The molecule has 8 rings (SSSR count). The number of nitrogens with zero attached hydrogens (tertiary/aromatic N) is 2. The van der Waals surface area contributed by atoms with Gasteiger partial charge in [-0.25, -0.2) is 9.69 Å². The Labute approximate surface area is 321 Å². The highest BCUT2D eigenvalue weighted by molar-refractivity contribution is 6.32. The number of allylic oxidation sites excluding steroid dienone is 3. The molecule has 0 unspecified atom stereocenters. The van der Waals surface area contributed by atoms with E-state index in [1.807, 2.05) is 42.5 Å². The third-order valence-electron chi connectivity index (χ3n) is 11.6.